The number of halogens is 1. The third kappa shape index (κ3) is 3.67. The number of benzene rings is 2. The summed E-state index contributed by atoms with van der Waals surface area (Å²) in [6.45, 7) is 3.45. The average Bonchev–Trinajstić information content (AvgIpc) is 3.27. The Labute approximate surface area is 171 Å². The lowest BCUT2D eigenvalue weighted by molar-refractivity contribution is -0.121. The Hall–Kier alpha value is -3.94. The van der Waals surface area contributed by atoms with Crippen molar-refractivity contribution in [3.63, 3.8) is 0 Å². The lowest BCUT2D eigenvalue weighted by Gasteiger charge is -2.08. The second-order valence-electron chi connectivity index (χ2n) is 6.97. The van der Waals surface area contributed by atoms with Crippen molar-refractivity contribution in [3.8, 4) is 5.69 Å². The topological polar surface area (TPSA) is 91.8 Å². The normalized spacial score (nSPS) is 10.9. The molecule has 2 heterocycles. The van der Waals surface area contributed by atoms with Gasteiger partial charge in [0.25, 0.3) is 5.91 Å². The number of carbonyl (C=O) groups excluding carboxylic acids is 2. The predicted molar refractivity (Wildman–Crippen MR) is 111 cm³/mol. The fourth-order valence-corrected chi connectivity index (χ4v) is 3.49. The SMILES string of the molecule is Cc1nn(-c2ccc(F)cc2)c(C)c1C(=O)NNC(=O)Cc1c[nH]c2ccccc12. The van der Waals surface area contributed by atoms with Gasteiger partial charge in [0.15, 0.2) is 0 Å². The van der Waals surface area contributed by atoms with Gasteiger partial charge in [-0.25, -0.2) is 9.07 Å². The maximum absolute atomic E-state index is 13.2. The molecule has 0 atom stereocenters. The molecule has 0 radical (unpaired) electrons. The quantitative estimate of drug-likeness (QED) is 0.456. The zero-order valence-corrected chi connectivity index (χ0v) is 16.5. The molecule has 4 aromatic rings. The summed E-state index contributed by atoms with van der Waals surface area (Å²) in [4.78, 5) is 28.1. The van der Waals surface area contributed by atoms with Gasteiger partial charge in [0.2, 0.25) is 5.91 Å². The molecular formula is C22H20FN5O2. The number of aromatic nitrogens is 3. The molecule has 0 spiro atoms. The Morgan fingerprint density at radius 3 is 2.57 bits per heavy atom. The monoisotopic (exact) mass is 405 g/mol. The van der Waals surface area contributed by atoms with Gasteiger partial charge in [0.1, 0.15) is 5.82 Å². The molecule has 0 unspecified atom stereocenters. The molecule has 0 saturated carbocycles. The summed E-state index contributed by atoms with van der Waals surface area (Å²) in [5.74, 6) is -1.16. The lowest BCUT2D eigenvalue weighted by Crippen LogP contribution is -2.42. The van der Waals surface area contributed by atoms with Crippen LogP contribution in [0.1, 0.15) is 27.3 Å². The summed E-state index contributed by atoms with van der Waals surface area (Å²) in [5.41, 5.74) is 8.78. The first-order valence-corrected chi connectivity index (χ1v) is 9.40. The van der Waals surface area contributed by atoms with Crippen LogP contribution in [0.5, 0.6) is 0 Å². The number of aromatic amines is 1. The van der Waals surface area contributed by atoms with Crippen molar-refractivity contribution >= 4 is 22.7 Å². The van der Waals surface area contributed by atoms with Gasteiger partial charge in [0, 0.05) is 17.1 Å². The van der Waals surface area contributed by atoms with E-state index in [1.54, 1.807) is 36.9 Å². The Morgan fingerprint density at radius 2 is 1.80 bits per heavy atom. The maximum Gasteiger partial charge on any atom is 0.273 e. The molecule has 3 N–H and O–H groups in total. The van der Waals surface area contributed by atoms with Crippen LogP contribution in [0.3, 0.4) is 0 Å². The van der Waals surface area contributed by atoms with E-state index < -0.39 is 5.91 Å². The smallest absolute Gasteiger partial charge is 0.273 e. The van der Waals surface area contributed by atoms with Crippen LogP contribution in [-0.4, -0.2) is 26.6 Å². The average molecular weight is 405 g/mol. The minimum atomic E-state index is -0.467. The third-order valence-corrected chi connectivity index (χ3v) is 4.93. The van der Waals surface area contributed by atoms with Crippen LogP contribution < -0.4 is 10.9 Å². The van der Waals surface area contributed by atoms with Crippen LogP contribution in [-0.2, 0) is 11.2 Å². The molecule has 2 aromatic heterocycles. The first kappa shape index (κ1) is 19.4. The fraction of sp³-hybridized carbons (Fsp3) is 0.136. The summed E-state index contributed by atoms with van der Waals surface area (Å²) in [5, 5.41) is 5.33. The number of hydrogen-bond acceptors (Lipinski definition) is 3. The maximum atomic E-state index is 13.2. The molecule has 30 heavy (non-hydrogen) atoms. The number of para-hydroxylation sites is 1. The second-order valence-corrected chi connectivity index (χ2v) is 6.97. The standard InChI is InChI=1S/C22H20FN5O2/c1-13-21(14(2)28(27-13)17-9-7-16(23)8-10-17)22(30)26-25-20(29)11-15-12-24-19-6-4-3-5-18(15)19/h3-10,12,24H,11H2,1-2H3,(H,25,29)(H,26,30). The van der Waals surface area contributed by atoms with Crippen molar-refractivity contribution in [2.75, 3.05) is 0 Å². The van der Waals surface area contributed by atoms with Gasteiger partial charge in [0.05, 0.1) is 29.1 Å². The fourth-order valence-electron chi connectivity index (χ4n) is 3.49. The van der Waals surface area contributed by atoms with E-state index >= 15 is 0 Å². The molecule has 0 saturated heterocycles. The van der Waals surface area contributed by atoms with Crippen molar-refractivity contribution < 1.29 is 14.0 Å². The van der Waals surface area contributed by atoms with E-state index in [1.807, 2.05) is 24.3 Å². The molecule has 0 bridgehead atoms. The first-order chi connectivity index (χ1) is 14.4. The molecule has 0 aliphatic rings. The summed E-state index contributed by atoms with van der Waals surface area (Å²) >= 11 is 0. The molecule has 2 amide bonds. The number of nitrogens with one attached hydrogen (secondary N) is 3. The van der Waals surface area contributed by atoms with Crippen molar-refractivity contribution in [1.82, 2.24) is 25.6 Å². The van der Waals surface area contributed by atoms with Gasteiger partial charge >= 0.3 is 0 Å². The largest absolute Gasteiger partial charge is 0.361 e. The Kier molecular flexibility index (Phi) is 5.05. The number of hydrogen-bond donors (Lipinski definition) is 3. The van der Waals surface area contributed by atoms with Crippen molar-refractivity contribution in [2.45, 2.75) is 20.3 Å². The minimum Gasteiger partial charge on any atom is -0.361 e. The molecule has 7 nitrogen and oxygen atoms in total. The molecule has 0 fully saturated rings. The van der Waals surface area contributed by atoms with E-state index in [-0.39, 0.29) is 18.1 Å². The number of fused-ring (bicyclic) bond motifs is 1. The van der Waals surface area contributed by atoms with Crippen LogP contribution >= 0.6 is 0 Å². The van der Waals surface area contributed by atoms with E-state index in [0.717, 1.165) is 16.5 Å². The number of carbonyl (C=O) groups is 2. The van der Waals surface area contributed by atoms with Crippen molar-refractivity contribution in [2.24, 2.45) is 0 Å². The Bertz CT molecular complexity index is 1240. The predicted octanol–water partition coefficient (Wildman–Crippen LogP) is 3.11. The number of aryl methyl sites for hydroxylation is 1. The summed E-state index contributed by atoms with van der Waals surface area (Å²) in [7, 11) is 0. The van der Waals surface area contributed by atoms with E-state index in [9.17, 15) is 14.0 Å². The van der Waals surface area contributed by atoms with Crippen LogP contribution in [0.2, 0.25) is 0 Å². The first-order valence-electron chi connectivity index (χ1n) is 9.40. The Balaban J connectivity index is 1.45. The zero-order valence-electron chi connectivity index (χ0n) is 16.5. The molecule has 0 aliphatic heterocycles. The summed E-state index contributed by atoms with van der Waals surface area (Å²) in [6, 6.07) is 13.5. The highest BCUT2D eigenvalue weighted by atomic mass is 19.1. The van der Waals surface area contributed by atoms with Crippen LogP contribution in [0.4, 0.5) is 4.39 Å². The number of hydrazine groups is 1. The van der Waals surface area contributed by atoms with Crippen molar-refractivity contribution in [1.29, 1.82) is 0 Å². The summed E-state index contributed by atoms with van der Waals surface area (Å²) < 4.78 is 14.7. The van der Waals surface area contributed by atoms with Crippen LogP contribution in [0.15, 0.2) is 54.7 Å². The van der Waals surface area contributed by atoms with Crippen molar-refractivity contribution in [3.05, 3.63) is 83.1 Å². The molecular weight excluding hydrogens is 385 g/mol. The highest BCUT2D eigenvalue weighted by Gasteiger charge is 2.20. The van der Waals surface area contributed by atoms with Gasteiger partial charge in [-0.15, -0.1) is 0 Å². The molecule has 0 aliphatic carbocycles. The second kappa shape index (κ2) is 7.82. The number of amides is 2. The highest BCUT2D eigenvalue weighted by molar-refractivity contribution is 5.98. The van der Waals surface area contributed by atoms with Gasteiger partial charge in [-0.05, 0) is 49.7 Å². The van der Waals surface area contributed by atoms with Gasteiger partial charge in [-0.2, -0.15) is 5.10 Å². The van der Waals surface area contributed by atoms with E-state index in [4.69, 9.17) is 0 Å². The number of nitrogens with zero attached hydrogens (tertiary/aromatic N) is 2. The number of rotatable bonds is 4. The molecule has 4 rings (SSSR count). The molecule has 8 heteroatoms. The third-order valence-electron chi connectivity index (χ3n) is 4.93. The molecule has 152 valence electrons. The zero-order chi connectivity index (χ0) is 21.3. The van der Waals surface area contributed by atoms with Gasteiger partial charge in [-0.1, -0.05) is 18.2 Å². The molecule has 2 aromatic carbocycles. The van der Waals surface area contributed by atoms with Crippen LogP contribution in [0.25, 0.3) is 16.6 Å². The van der Waals surface area contributed by atoms with Gasteiger partial charge in [-0.3, -0.25) is 20.4 Å². The lowest BCUT2D eigenvalue weighted by atomic mass is 10.1. The number of H-pyrrole nitrogens is 1. The van der Waals surface area contributed by atoms with Crippen LogP contribution in [0, 0.1) is 19.7 Å². The van der Waals surface area contributed by atoms with E-state index in [0.29, 0.717) is 22.6 Å². The minimum absolute atomic E-state index is 0.122. The van der Waals surface area contributed by atoms with E-state index in [2.05, 4.69) is 20.9 Å². The van der Waals surface area contributed by atoms with Gasteiger partial charge < -0.3 is 4.98 Å². The van der Waals surface area contributed by atoms with E-state index in [1.165, 1.54) is 12.1 Å². The highest BCUT2D eigenvalue weighted by Crippen LogP contribution is 2.19. The summed E-state index contributed by atoms with van der Waals surface area (Å²) in [6.07, 6.45) is 1.91. The Morgan fingerprint density at radius 1 is 1.07 bits per heavy atom.